The molecular formula is C7H15FO2. The van der Waals surface area contributed by atoms with E-state index < -0.39 is 6.36 Å². The summed E-state index contributed by atoms with van der Waals surface area (Å²) in [6.07, 6.45) is -0.740. The molecule has 0 aliphatic heterocycles. The van der Waals surface area contributed by atoms with Crippen molar-refractivity contribution >= 4 is 0 Å². The number of aliphatic hydroxyl groups is 1. The zero-order valence-electron chi connectivity index (χ0n) is 6.51. The van der Waals surface area contributed by atoms with Gasteiger partial charge in [0.2, 0.25) is 0 Å². The number of hydrogen-bond acceptors (Lipinski definition) is 2. The van der Waals surface area contributed by atoms with Gasteiger partial charge in [0.15, 0.2) is 6.36 Å². The second-order valence-corrected chi connectivity index (χ2v) is 2.50. The summed E-state index contributed by atoms with van der Waals surface area (Å²) < 4.78 is 16.8. The number of ether oxygens (including phenoxy) is 1. The summed E-state index contributed by atoms with van der Waals surface area (Å²) in [5, 5.41) is 8.20. The van der Waals surface area contributed by atoms with Gasteiger partial charge in [0.25, 0.3) is 0 Å². The Balaban J connectivity index is 2.91. The number of halogens is 1. The average molecular weight is 150 g/mol. The molecule has 0 amide bonds. The van der Waals surface area contributed by atoms with Crippen LogP contribution in [-0.4, -0.2) is 24.2 Å². The number of alkyl halides is 1. The predicted octanol–water partition coefficient (Wildman–Crippen LogP) is 1.48. The fourth-order valence-corrected chi connectivity index (χ4v) is 0.571. The van der Waals surface area contributed by atoms with Gasteiger partial charge in [0, 0.05) is 13.0 Å². The molecule has 10 heavy (non-hydrogen) atoms. The van der Waals surface area contributed by atoms with Gasteiger partial charge >= 0.3 is 0 Å². The number of hydrogen-bond donors (Lipinski definition) is 1. The first-order valence-corrected chi connectivity index (χ1v) is 3.56. The molecule has 0 heterocycles. The van der Waals surface area contributed by atoms with Crippen LogP contribution in [0.5, 0.6) is 0 Å². The Morgan fingerprint density at radius 3 is 2.50 bits per heavy atom. The monoisotopic (exact) mass is 150 g/mol. The van der Waals surface area contributed by atoms with Crippen LogP contribution in [0.15, 0.2) is 0 Å². The molecule has 62 valence electrons. The summed E-state index contributed by atoms with van der Waals surface area (Å²) in [5.41, 5.74) is 0. The van der Waals surface area contributed by atoms with E-state index in [1.807, 2.05) is 13.8 Å². The molecule has 0 aromatic rings. The molecule has 0 spiro atoms. The van der Waals surface area contributed by atoms with Crippen LogP contribution < -0.4 is 0 Å². The van der Waals surface area contributed by atoms with Gasteiger partial charge in [-0.2, -0.15) is 0 Å². The molecular weight excluding hydrogens is 135 g/mol. The third-order valence-electron chi connectivity index (χ3n) is 1.04. The lowest BCUT2D eigenvalue weighted by Gasteiger charge is -2.06. The lowest BCUT2D eigenvalue weighted by molar-refractivity contribution is 0.0156. The van der Waals surface area contributed by atoms with Gasteiger partial charge in [-0.1, -0.05) is 0 Å². The fraction of sp³-hybridized carbons (Fsp3) is 1.00. The normalized spacial score (nSPS) is 14.1. The smallest absolute Gasteiger partial charge is 0.196 e. The van der Waals surface area contributed by atoms with Crippen molar-refractivity contribution in [2.75, 3.05) is 6.61 Å². The standard InChI is InChI=1S/C7H15FO2/c1-6(2)10-5-3-4-7(8)9/h6-7,9H,3-5H2,1-2H3. The van der Waals surface area contributed by atoms with E-state index in [1.165, 1.54) is 0 Å². The minimum Gasteiger partial charge on any atom is -0.379 e. The van der Waals surface area contributed by atoms with Gasteiger partial charge in [0.1, 0.15) is 0 Å². The molecule has 0 saturated carbocycles. The molecule has 3 heteroatoms. The lowest BCUT2D eigenvalue weighted by atomic mass is 10.3. The lowest BCUT2D eigenvalue weighted by Crippen LogP contribution is -2.06. The molecule has 0 saturated heterocycles. The van der Waals surface area contributed by atoms with E-state index >= 15 is 0 Å². The van der Waals surface area contributed by atoms with Crippen molar-refractivity contribution < 1.29 is 14.2 Å². The van der Waals surface area contributed by atoms with E-state index in [0.717, 1.165) is 0 Å². The zero-order valence-corrected chi connectivity index (χ0v) is 6.51. The van der Waals surface area contributed by atoms with Crippen molar-refractivity contribution in [3.05, 3.63) is 0 Å². The number of aliphatic hydroxyl groups excluding tert-OH is 1. The van der Waals surface area contributed by atoms with Crippen LogP contribution in [-0.2, 0) is 4.74 Å². The second kappa shape index (κ2) is 5.62. The van der Waals surface area contributed by atoms with Crippen LogP contribution in [0, 0.1) is 0 Å². The summed E-state index contributed by atoms with van der Waals surface area (Å²) in [7, 11) is 0. The average Bonchev–Trinajstić information content (AvgIpc) is 1.79. The van der Waals surface area contributed by atoms with Crippen molar-refractivity contribution in [3.8, 4) is 0 Å². The molecule has 0 rings (SSSR count). The molecule has 0 aromatic heterocycles. The van der Waals surface area contributed by atoms with E-state index in [0.29, 0.717) is 13.0 Å². The SMILES string of the molecule is CC(C)OCCCC(O)F. The minimum absolute atomic E-state index is 0.173. The van der Waals surface area contributed by atoms with E-state index in [-0.39, 0.29) is 12.5 Å². The van der Waals surface area contributed by atoms with Gasteiger partial charge in [-0.15, -0.1) is 0 Å². The Labute approximate surface area is 61.0 Å². The highest BCUT2D eigenvalue weighted by atomic mass is 19.1. The summed E-state index contributed by atoms with van der Waals surface area (Å²) in [4.78, 5) is 0. The molecule has 1 atom stereocenters. The van der Waals surface area contributed by atoms with Crippen LogP contribution in [0.4, 0.5) is 4.39 Å². The highest BCUT2D eigenvalue weighted by Gasteiger charge is 1.99. The summed E-state index contributed by atoms with van der Waals surface area (Å²) >= 11 is 0. The summed E-state index contributed by atoms with van der Waals surface area (Å²) in [5.74, 6) is 0. The quantitative estimate of drug-likeness (QED) is 0.601. The van der Waals surface area contributed by atoms with Gasteiger partial charge < -0.3 is 9.84 Å². The maximum Gasteiger partial charge on any atom is 0.196 e. The molecule has 0 aliphatic rings. The van der Waals surface area contributed by atoms with Crippen LogP contribution in [0.3, 0.4) is 0 Å². The highest BCUT2D eigenvalue weighted by Crippen LogP contribution is 1.99. The Bertz CT molecular complexity index is 64.0. The largest absolute Gasteiger partial charge is 0.379 e. The van der Waals surface area contributed by atoms with Crippen molar-refractivity contribution in [1.82, 2.24) is 0 Å². The van der Waals surface area contributed by atoms with Gasteiger partial charge in [-0.05, 0) is 20.3 Å². The van der Waals surface area contributed by atoms with E-state index in [1.54, 1.807) is 0 Å². The molecule has 0 radical (unpaired) electrons. The molecule has 0 bridgehead atoms. The second-order valence-electron chi connectivity index (χ2n) is 2.50. The molecule has 0 fully saturated rings. The minimum atomic E-state index is -1.68. The van der Waals surface area contributed by atoms with Crippen LogP contribution >= 0.6 is 0 Å². The molecule has 0 aromatic carbocycles. The molecule has 2 nitrogen and oxygen atoms in total. The van der Waals surface area contributed by atoms with Crippen molar-refractivity contribution in [2.24, 2.45) is 0 Å². The summed E-state index contributed by atoms with van der Waals surface area (Å²) in [6.45, 7) is 4.37. The first kappa shape index (κ1) is 9.85. The van der Waals surface area contributed by atoms with Crippen LogP contribution in [0.2, 0.25) is 0 Å². The van der Waals surface area contributed by atoms with Gasteiger partial charge in [-0.25, -0.2) is 4.39 Å². The molecule has 1 unspecified atom stereocenters. The zero-order chi connectivity index (χ0) is 7.98. The Hall–Kier alpha value is -0.150. The Morgan fingerprint density at radius 2 is 2.10 bits per heavy atom. The Kier molecular flexibility index (Phi) is 5.54. The molecule has 0 aliphatic carbocycles. The highest BCUT2D eigenvalue weighted by molar-refractivity contribution is 4.42. The molecule has 1 N–H and O–H groups in total. The predicted molar refractivity (Wildman–Crippen MR) is 37.4 cm³/mol. The maximum absolute atomic E-state index is 11.7. The van der Waals surface area contributed by atoms with Gasteiger partial charge in [0.05, 0.1) is 6.10 Å². The first-order valence-electron chi connectivity index (χ1n) is 3.56. The fourth-order valence-electron chi connectivity index (χ4n) is 0.571. The van der Waals surface area contributed by atoms with Crippen LogP contribution in [0.25, 0.3) is 0 Å². The maximum atomic E-state index is 11.7. The van der Waals surface area contributed by atoms with Crippen molar-refractivity contribution in [1.29, 1.82) is 0 Å². The third-order valence-corrected chi connectivity index (χ3v) is 1.04. The van der Waals surface area contributed by atoms with Crippen molar-refractivity contribution in [3.63, 3.8) is 0 Å². The van der Waals surface area contributed by atoms with Gasteiger partial charge in [-0.3, -0.25) is 0 Å². The number of rotatable bonds is 5. The van der Waals surface area contributed by atoms with E-state index in [9.17, 15) is 4.39 Å². The van der Waals surface area contributed by atoms with Crippen LogP contribution in [0.1, 0.15) is 26.7 Å². The Morgan fingerprint density at radius 1 is 1.50 bits per heavy atom. The topological polar surface area (TPSA) is 29.5 Å². The van der Waals surface area contributed by atoms with E-state index in [4.69, 9.17) is 9.84 Å². The van der Waals surface area contributed by atoms with Crippen molar-refractivity contribution in [2.45, 2.75) is 39.2 Å². The van der Waals surface area contributed by atoms with E-state index in [2.05, 4.69) is 0 Å². The summed E-state index contributed by atoms with van der Waals surface area (Å²) in [6, 6.07) is 0. The first-order chi connectivity index (χ1) is 4.63. The third kappa shape index (κ3) is 7.85.